The van der Waals surface area contributed by atoms with Gasteiger partial charge in [0.1, 0.15) is 29.2 Å². The number of carbonyl (C=O) groups excluding carboxylic acids is 1. The Morgan fingerprint density at radius 3 is 2.88 bits per heavy atom. The molecule has 168 valence electrons. The topological polar surface area (TPSA) is 78.3 Å². The highest BCUT2D eigenvalue weighted by Gasteiger charge is 2.26. The summed E-state index contributed by atoms with van der Waals surface area (Å²) < 4.78 is 14.2. The maximum atomic E-state index is 11.6. The SMILES string of the molecule is CC(=O)Nc1cc2c(-c3nc(SCc4ccccc4)cc4c3OCC(C)O4)cn(C)c2cn1. The summed E-state index contributed by atoms with van der Waals surface area (Å²) in [6.07, 6.45) is 3.73. The van der Waals surface area contributed by atoms with E-state index < -0.39 is 0 Å². The zero-order chi connectivity index (χ0) is 22.9. The first-order valence-corrected chi connectivity index (χ1v) is 11.7. The van der Waals surface area contributed by atoms with Crippen LogP contribution >= 0.6 is 11.8 Å². The summed E-state index contributed by atoms with van der Waals surface area (Å²) in [4.78, 5) is 20.9. The molecule has 4 aromatic rings. The minimum absolute atomic E-state index is 0.0391. The third-order valence-corrected chi connectivity index (χ3v) is 6.35. The van der Waals surface area contributed by atoms with E-state index in [1.807, 2.05) is 55.1 Å². The molecule has 0 aliphatic carbocycles. The van der Waals surface area contributed by atoms with Crippen LogP contribution in [0, 0.1) is 0 Å². The lowest BCUT2D eigenvalue weighted by atomic mass is 10.1. The Hall–Kier alpha value is -3.52. The molecule has 0 saturated heterocycles. The van der Waals surface area contributed by atoms with Crippen LogP contribution in [0.15, 0.2) is 59.9 Å². The molecule has 0 bridgehead atoms. The van der Waals surface area contributed by atoms with Crippen molar-refractivity contribution < 1.29 is 14.3 Å². The van der Waals surface area contributed by atoms with Crippen molar-refractivity contribution in [3.05, 3.63) is 60.4 Å². The van der Waals surface area contributed by atoms with E-state index in [1.165, 1.54) is 12.5 Å². The number of ether oxygens (including phenoxy) is 2. The molecule has 1 N–H and O–H groups in total. The van der Waals surface area contributed by atoms with Crippen LogP contribution in [-0.2, 0) is 17.6 Å². The van der Waals surface area contributed by atoms with Gasteiger partial charge >= 0.3 is 0 Å². The summed E-state index contributed by atoms with van der Waals surface area (Å²) in [5, 5.41) is 4.55. The van der Waals surface area contributed by atoms with Crippen LogP contribution in [0.4, 0.5) is 5.82 Å². The Kier molecular flexibility index (Phi) is 5.68. The number of fused-ring (bicyclic) bond motifs is 2. The number of pyridine rings is 2. The van der Waals surface area contributed by atoms with Crippen LogP contribution in [0.3, 0.4) is 0 Å². The Balaban J connectivity index is 1.61. The number of anilines is 1. The summed E-state index contributed by atoms with van der Waals surface area (Å²) >= 11 is 1.66. The Bertz CT molecular complexity index is 1340. The number of rotatable bonds is 5. The van der Waals surface area contributed by atoms with Crippen molar-refractivity contribution in [2.45, 2.75) is 30.7 Å². The third kappa shape index (κ3) is 4.39. The molecule has 0 saturated carbocycles. The Morgan fingerprint density at radius 1 is 1.27 bits per heavy atom. The van der Waals surface area contributed by atoms with Gasteiger partial charge in [0, 0.05) is 42.9 Å². The Morgan fingerprint density at radius 2 is 2.09 bits per heavy atom. The molecule has 1 aliphatic rings. The molecule has 8 heteroatoms. The van der Waals surface area contributed by atoms with E-state index in [2.05, 4.69) is 22.4 Å². The first kappa shape index (κ1) is 21.3. The third-order valence-electron chi connectivity index (χ3n) is 5.37. The molecular weight excluding hydrogens is 436 g/mol. The highest BCUT2D eigenvalue weighted by molar-refractivity contribution is 7.98. The van der Waals surface area contributed by atoms with Gasteiger partial charge in [-0.3, -0.25) is 4.79 Å². The molecule has 1 aliphatic heterocycles. The van der Waals surface area contributed by atoms with Crippen molar-refractivity contribution in [1.82, 2.24) is 14.5 Å². The number of aromatic nitrogens is 3. The number of benzene rings is 1. The van der Waals surface area contributed by atoms with E-state index in [1.54, 1.807) is 18.0 Å². The standard InChI is InChI=1S/C25H24N4O3S/c1-15-13-31-25-21(32-15)10-23(33-14-17-7-5-4-6-8-17)28-24(25)19-12-29(3)20-11-26-22(9-18(19)20)27-16(2)30/h4-12,15H,13-14H2,1-3H3,(H,26,27,30). The molecule has 0 spiro atoms. The van der Waals surface area contributed by atoms with Gasteiger partial charge < -0.3 is 19.4 Å². The lowest BCUT2D eigenvalue weighted by Gasteiger charge is -2.26. The predicted octanol–water partition coefficient (Wildman–Crippen LogP) is 5.05. The molecule has 0 radical (unpaired) electrons. The fourth-order valence-electron chi connectivity index (χ4n) is 3.87. The summed E-state index contributed by atoms with van der Waals surface area (Å²) in [7, 11) is 1.96. The van der Waals surface area contributed by atoms with Crippen LogP contribution < -0.4 is 14.8 Å². The number of hydrogen-bond donors (Lipinski definition) is 1. The van der Waals surface area contributed by atoms with E-state index in [0.717, 1.165) is 32.9 Å². The number of carbonyl (C=O) groups is 1. The van der Waals surface area contributed by atoms with Gasteiger partial charge in [0.15, 0.2) is 11.5 Å². The predicted molar refractivity (Wildman–Crippen MR) is 130 cm³/mol. The zero-order valence-electron chi connectivity index (χ0n) is 18.7. The monoisotopic (exact) mass is 460 g/mol. The summed E-state index contributed by atoms with van der Waals surface area (Å²) in [5.41, 5.74) is 3.78. The molecule has 0 fully saturated rings. The van der Waals surface area contributed by atoms with Gasteiger partial charge in [-0.1, -0.05) is 30.3 Å². The number of nitrogens with zero attached hydrogens (tertiary/aromatic N) is 3. The van der Waals surface area contributed by atoms with Crippen LogP contribution in [0.5, 0.6) is 11.5 Å². The number of hydrogen-bond acceptors (Lipinski definition) is 6. The van der Waals surface area contributed by atoms with Crippen molar-refractivity contribution in [1.29, 1.82) is 0 Å². The normalized spacial score (nSPS) is 14.9. The van der Waals surface area contributed by atoms with Crippen LogP contribution in [0.1, 0.15) is 19.4 Å². The van der Waals surface area contributed by atoms with Gasteiger partial charge in [0.05, 0.1) is 11.7 Å². The smallest absolute Gasteiger partial charge is 0.222 e. The van der Waals surface area contributed by atoms with Gasteiger partial charge in [-0.25, -0.2) is 9.97 Å². The second-order valence-corrected chi connectivity index (χ2v) is 9.07. The minimum Gasteiger partial charge on any atom is -0.484 e. The van der Waals surface area contributed by atoms with Gasteiger partial charge in [-0.05, 0) is 18.6 Å². The number of amides is 1. The zero-order valence-corrected chi connectivity index (χ0v) is 19.5. The first-order valence-electron chi connectivity index (χ1n) is 10.7. The highest BCUT2D eigenvalue weighted by atomic mass is 32.2. The average Bonchev–Trinajstić information content (AvgIpc) is 3.12. The molecular formula is C25H24N4O3S. The average molecular weight is 461 g/mol. The molecule has 5 rings (SSSR count). The molecule has 1 amide bonds. The lowest BCUT2D eigenvalue weighted by molar-refractivity contribution is -0.114. The molecule has 1 aromatic carbocycles. The van der Waals surface area contributed by atoms with Crippen molar-refractivity contribution in [3.8, 4) is 22.8 Å². The van der Waals surface area contributed by atoms with E-state index in [4.69, 9.17) is 14.5 Å². The summed E-state index contributed by atoms with van der Waals surface area (Å²) in [6.45, 7) is 3.92. The molecule has 1 unspecified atom stereocenters. The molecule has 4 heterocycles. The highest BCUT2D eigenvalue weighted by Crippen LogP contribution is 2.44. The minimum atomic E-state index is -0.167. The van der Waals surface area contributed by atoms with E-state index >= 15 is 0 Å². The second kappa shape index (κ2) is 8.78. The quantitative estimate of drug-likeness (QED) is 0.420. The fourth-order valence-corrected chi connectivity index (χ4v) is 4.72. The van der Waals surface area contributed by atoms with Gasteiger partial charge in [0.25, 0.3) is 0 Å². The second-order valence-electron chi connectivity index (χ2n) is 8.07. The first-order chi connectivity index (χ1) is 16.0. The van der Waals surface area contributed by atoms with Crippen molar-refractivity contribution in [2.75, 3.05) is 11.9 Å². The number of nitrogens with one attached hydrogen (secondary N) is 1. The molecule has 3 aromatic heterocycles. The van der Waals surface area contributed by atoms with Crippen molar-refractivity contribution in [3.63, 3.8) is 0 Å². The summed E-state index contributed by atoms with van der Waals surface area (Å²) in [5.74, 6) is 2.47. The lowest BCUT2D eigenvalue weighted by Crippen LogP contribution is -2.26. The largest absolute Gasteiger partial charge is 0.484 e. The van der Waals surface area contributed by atoms with Crippen molar-refractivity contribution >= 4 is 34.4 Å². The number of aryl methyl sites for hydroxylation is 1. The van der Waals surface area contributed by atoms with E-state index in [0.29, 0.717) is 23.9 Å². The van der Waals surface area contributed by atoms with Gasteiger partial charge in [0.2, 0.25) is 5.91 Å². The van der Waals surface area contributed by atoms with Crippen LogP contribution in [-0.4, -0.2) is 33.2 Å². The van der Waals surface area contributed by atoms with E-state index in [9.17, 15) is 4.79 Å². The van der Waals surface area contributed by atoms with Crippen molar-refractivity contribution in [2.24, 2.45) is 7.05 Å². The van der Waals surface area contributed by atoms with Gasteiger partial charge in [-0.2, -0.15) is 0 Å². The van der Waals surface area contributed by atoms with Crippen LogP contribution in [0.25, 0.3) is 22.2 Å². The maximum Gasteiger partial charge on any atom is 0.222 e. The maximum absolute atomic E-state index is 11.6. The molecule has 1 atom stereocenters. The molecule has 7 nitrogen and oxygen atoms in total. The molecule has 33 heavy (non-hydrogen) atoms. The summed E-state index contributed by atoms with van der Waals surface area (Å²) in [6, 6.07) is 14.1. The Labute approximate surface area is 196 Å². The van der Waals surface area contributed by atoms with E-state index in [-0.39, 0.29) is 12.0 Å². The van der Waals surface area contributed by atoms with Gasteiger partial charge in [-0.15, -0.1) is 11.8 Å². The van der Waals surface area contributed by atoms with Crippen LogP contribution in [0.2, 0.25) is 0 Å². The number of thioether (sulfide) groups is 1. The fraction of sp³-hybridized carbons (Fsp3) is 0.240.